The third-order valence-corrected chi connectivity index (χ3v) is 5.82. The molecule has 0 bridgehead atoms. The molecule has 1 saturated carbocycles. The van der Waals surface area contributed by atoms with Crippen LogP contribution >= 0.6 is 23.1 Å². The van der Waals surface area contributed by atoms with Gasteiger partial charge in [-0.05, 0) is 32.4 Å². The van der Waals surface area contributed by atoms with E-state index < -0.39 is 0 Å². The number of carbonyl (C=O) groups is 1. The van der Waals surface area contributed by atoms with E-state index in [1.807, 2.05) is 13.2 Å². The van der Waals surface area contributed by atoms with Gasteiger partial charge in [0.05, 0.1) is 22.7 Å². The smallest absolute Gasteiger partial charge is 0.263 e. The number of thiophene rings is 1. The molecule has 2 atom stereocenters. The van der Waals surface area contributed by atoms with Crippen molar-refractivity contribution in [3.63, 3.8) is 0 Å². The Morgan fingerprint density at radius 2 is 2.29 bits per heavy atom. The lowest BCUT2D eigenvalue weighted by molar-refractivity contribution is 0.0960. The summed E-state index contributed by atoms with van der Waals surface area (Å²) in [5.74, 6) is -0.0990. The highest BCUT2D eigenvalue weighted by Crippen LogP contribution is 2.43. The number of nitrogen functional groups attached to an aromatic ring is 1. The van der Waals surface area contributed by atoms with Gasteiger partial charge in [0, 0.05) is 13.7 Å². The van der Waals surface area contributed by atoms with Crippen LogP contribution in [-0.2, 0) is 4.74 Å². The standard InChI is InChI=1S/C14H23N3O2S2/c1-4-16-13(18)11-10(15)12(20-3)14(21-11)17-8-6-5-7-9(8)19-2/h8-9,17H,4-7,15H2,1-3H3,(H,16,18). The highest BCUT2D eigenvalue weighted by Gasteiger charge is 2.29. The number of carbonyl (C=O) groups excluding carboxylic acids is 1. The molecule has 1 aliphatic carbocycles. The summed E-state index contributed by atoms with van der Waals surface area (Å²) in [6.07, 6.45) is 5.53. The van der Waals surface area contributed by atoms with E-state index in [1.54, 1.807) is 18.9 Å². The van der Waals surface area contributed by atoms with Gasteiger partial charge in [-0.25, -0.2) is 0 Å². The molecule has 0 aliphatic heterocycles. The van der Waals surface area contributed by atoms with E-state index in [0.717, 1.165) is 29.2 Å². The van der Waals surface area contributed by atoms with Gasteiger partial charge in [-0.2, -0.15) is 0 Å². The highest BCUT2D eigenvalue weighted by atomic mass is 32.2. The number of amides is 1. The third-order valence-electron chi connectivity index (χ3n) is 3.72. The molecule has 1 fully saturated rings. The number of rotatable bonds is 6. The van der Waals surface area contributed by atoms with Crippen LogP contribution in [0.25, 0.3) is 0 Å². The molecule has 5 nitrogen and oxygen atoms in total. The molecule has 2 unspecified atom stereocenters. The maximum atomic E-state index is 12.1. The number of thioether (sulfide) groups is 1. The number of ether oxygens (including phenoxy) is 1. The summed E-state index contributed by atoms with van der Waals surface area (Å²) < 4.78 is 5.52. The van der Waals surface area contributed by atoms with E-state index in [0.29, 0.717) is 23.2 Å². The van der Waals surface area contributed by atoms with Crippen molar-refractivity contribution in [1.29, 1.82) is 0 Å². The first-order valence-corrected chi connectivity index (χ1v) is 9.20. The molecule has 21 heavy (non-hydrogen) atoms. The monoisotopic (exact) mass is 329 g/mol. The number of nitrogens with one attached hydrogen (secondary N) is 2. The van der Waals surface area contributed by atoms with E-state index >= 15 is 0 Å². The second-order valence-corrected chi connectivity index (χ2v) is 6.86. The summed E-state index contributed by atoms with van der Waals surface area (Å²) in [5.41, 5.74) is 6.72. The van der Waals surface area contributed by atoms with Crippen LogP contribution in [-0.4, -0.2) is 38.0 Å². The number of anilines is 2. The molecule has 0 saturated heterocycles. The van der Waals surface area contributed by atoms with Gasteiger partial charge in [0.15, 0.2) is 0 Å². The Morgan fingerprint density at radius 3 is 2.90 bits per heavy atom. The van der Waals surface area contributed by atoms with E-state index in [2.05, 4.69) is 10.6 Å². The van der Waals surface area contributed by atoms with Crippen molar-refractivity contribution < 1.29 is 9.53 Å². The molecule has 0 radical (unpaired) electrons. The Balaban J connectivity index is 2.22. The summed E-state index contributed by atoms with van der Waals surface area (Å²) in [4.78, 5) is 13.6. The molecule has 0 spiro atoms. The Morgan fingerprint density at radius 1 is 1.52 bits per heavy atom. The number of nitrogens with two attached hydrogens (primary N) is 1. The molecule has 2 rings (SSSR count). The minimum atomic E-state index is -0.0990. The molecule has 7 heteroatoms. The molecular formula is C14H23N3O2S2. The van der Waals surface area contributed by atoms with Crippen molar-refractivity contribution in [3.8, 4) is 0 Å². The molecule has 1 aliphatic rings. The number of methoxy groups -OCH3 is 1. The topological polar surface area (TPSA) is 76.4 Å². The van der Waals surface area contributed by atoms with Gasteiger partial charge in [-0.3, -0.25) is 4.79 Å². The Bertz CT molecular complexity index is 505. The van der Waals surface area contributed by atoms with Gasteiger partial charge < -0.3 is 21.1 Å². The van der Waals surface area contributed by atoms with E-state index in [9.17, 15) is 4.79 Å². The number of hydrogen-bond donors (Lipinski definition) is 3. The fourth-order valence-electron chi connectivity index (χ4n) is 2.68. The van der Waals surface area contributed by atoms with Crippen molar-refractivity contribution in [3.05, 3.63) is 4.88 Å². The summed E-state index contributed by atoms with van der Waals surface area (Å²) in [6, 6.07) is 0.293. The van der Waals surface area contributed by atoms with Gasteiger partial charge in [0.1, 0.15) is 9.88 Å². The van der Waals surface area contributed by atoms with Crippen molar-refractivity contribution in [2.45, 2.75) is 43.2 Å². The van der Waals surface area contributed by atoms with Gasteiger partial charge in [-0.15, -0.1) is 23.1 Å². The first-order valence-electron chi connectivity index (χ1n) is 7.16. The molecule has 1 aromatic rings. The zero-order valence-electron chi connectivity index (χ0n) is 12.7. The maximum Gasteiger partial charge on any atom is 0.263 e. The van der Waals surface area contributed by atoms with Crippen LogP contribution in [0.5, 0.6) is 0 Å². The lowest BCUT2D eigenvalue weighted by Gasteiger charge is -2.20. The Labute approximate surface area is 134 Å². The normalized spacial score (nSPS) is 21.5. The van der Waals surface area contributed by atoms with Crippen LogP contribution in [0.15, 0.2) is 4.90 Å². The fraction of sp³-hybridized carbons (Fsp3) is 0.643. The van der Waals surface area contributed by atoms with E-state index in [-0.39, 0.29) is 12.0 Å². The average Bonchev–Trinajstić information content (AvgIpc) is 3.04. The van der Waals surface area contributed by atoms with Crippen LogP contribution in [0.4, 0.5) is 10.7 Å². The maximum absolute atomic E-state index is 12.1. The lowest BCUT2D eigenvalue weighted by atomic mass is 10.2. The molecular weight excluding hydrogens is 306 g/mol. The minimum absolute atomic E-state index is 0.0990. The van der Waals surface area contributed by atoms with Crippen molar-refractivity contribution in [2.75, 3.05) is 31.0 Å². The minimum Gasteiger partial charge on any atom is -0.396 e. The van der Waals surface area contributed by atoms with Gasteiger partial charge in [0.25, 0.3) is 5.91 Å². The van der Waals surface area contributed by atoms with Crippen LogP contribution in [0.3, 0.4) is 0 Å². The highest BCUT2D eigenvalue weighted by molar-refractivity contribution is 7.99. The summed E-state index contributed by atoms with van der Waals surface area (Å²) >= 11 is 3.01. The molecule has 118 valence electrons. The summed E-state index contributed by atoms with van der Waals surface area (Å²) in [5, 5.41) is 7.32. The molecule has 1 heterocycles. The van der Waals surface area contributed by atoms with Crippen molar-refractivity contribution in [1.82, 2.24) is 5.32 Å². The van der Waals surface area contributed by atoms with Gasteiger partial charge >= 0.3 is 0 Å². The second-order valence-electron chi connectivity index (χ2n) is 5.02. The first-order chi connectivity index (χ1) is 10.1. The quantitative estimate of drug-likeness (QED) is 0.700. The molecule has 4 N–H and O–H groups in total. The van der Waals surface area contributed by atoms with E-state index in [1.165, 1.54) is 11.3 Å². The predicted octanol–water partition coefficient (Wildman–Crippen LogP) is 2.78. The van der Waals surface area contributed by atoms with Crippen LogP contribution < -0.4 is 16.4 Å². The van der Waals surface area contributed by atoms with Gasteiger partial charge in [0.2, 0.25) is 0 Å². The second kappa shape index (κ2) is 7.38. The largest absolute Gasteiger partial charge is 0.396 e. The molecule has 0 aromatic carbocycles. The Kier molecular flexibility index (Phi) is 5.78. The fourth-order valence-corrected chi connectivity index (χ4v) is 4.68. The SMILES string of the molecule is CCNC(=O)c1sc(NC2CCCC2OC)c(SC)c1N. The van der Waals surface area contributed by atoms with E-state index in [4.69, 9.17) is 10.5 Å². The van der Waals surface area contributed by atoms with Crippen LogP contribution in [0.1, 0.15) is 35.9 Å². The van der Waals surface area contributed by atoms with Crippen molar-refractivity contribution in [2.24, 2.45) is 0 Å². The summed E-state index contributed by atoms with van der Waals surface area (Å²) in [7, 11) is 1.75. The first kappa shape index (κ1) is 16.5. The number of hydrogen-bond acceptors (Lipinski definition) is 6. The molecule has 1 amide bonds. The lowest BCUT2D eigenvalue weighted by Crippen LogP contribution is -2.29. The average molecular weight is 329 g/mol. The van der Waals surface area contributed by atoms with Crippen LogP contribution in [0, 0.1) is 0 Å². The summed E-state index contributed by atoms with van der Waals surface area (Å²) in [6.45, 7) is 2.50. The van der Waals surface area contributed by atoms with Crippen molar-refractivity contribution >= 4 is 39.7 Å². The Hall–Kier alpha value is -0.920. The zero-order chi connectivity index (χ0) is 15.4. The predicted molar refractivity (Wildman–Crippen MR) is 90.6 cm³/mol. The zero-order valence-corrected chi connectivity index (χ0v) is 14.3. The molecule has 1 aromatic heterocycles. The third kappa shape index (κ3) is 3.46. The van der Waals surface area contributed by atoms with Gasteiger partial charge in [-0.1, -0.05) is 0 Å². The van der Waals surface area contributed by atoms with Crippen LogP contribution in [0.2, 0.25) is 0 Å².